The van der Waals surface area contributed by atoms with Crippen molar-refractivity contribution in [2.75, 3.05) is 5.32 Å². The second kappa shape index (κ2) is 4.78. The molecule has 0 aliphatic rings. The second-order valence-corrected chi connectivity index (χ2v) is 4.91. The first-order valence-electron chi connectivity index (χ1n) is 5.91. The number of hydrogen-bond donors (Lipinski definition) is 2. The molecule has 1 aromatic heterocycles. The highest BCUT2D eigenvalue weighted by atomic mass is 16.3. The van der Waals surface area contributed by atoms with E-state index in [-0.39, 0.29) is 6.04 Å². The summed E-state index contributed by atoms with van der Waals surface area (Å²) in [4.78, 5) is 3.90. The van der Waals surface area contributed by atoms with Crippen LogP contribution in [0.3, 0.4) is 0 Å². The van der Waals surface area contributed by atoms with Crippen LogP contribution < -0.4 is 5.32 Å². The van der Waals surface area contributed by atoms with Gasteiger partial charge in [-0.2, -0.15) is 5.10 Å². The van der Waals surface area contributed by atoms with E-state index in [1.165, 1.54) is 6.33 Å². The van der Waals surface area contributed by atoms with Gasteiger partial charge in [-0.1, -0.05) is 0 Å². The Morgan fingerprint density at radius 2 is 1.94 bits per heavy atom. The van der Waals surface area contributed by atoms with Gasteiger partial charge in [-0.15, -0.1) is 0 Å². The third kappa shape index (κ3) is 2.87. The van der Waals surface area contributed by atoms with Crippen LogP contribution in [0.5, 0.6) is 0 Å². The summed E-state index contributed by atoms with van der Waals surface area (Å²) in [6, 6.07) is 7.79. The molecule has 0 aliphatic carbocycles. The largest absolute Gasteiger partial charge is 0.388 e. The van der Waals surface area contributed by atoms with Crippen LogP contribution in [0.4, 0.5) is 5.69 Å². The summed E-state index contributed by atoms with van der Waals surface area (Å²) in [6.07, 6.45) is 3.16. The molecule has 1 aromatic carbocycles. The lowest BCUT2D eigenvalue weighted by Crippen LogP contribution is -2.39. The van der Waals surface area contributed by atoms with Crippen LogP contribution in [-0.2, 0) is 0 Å². The van der Waals surface area contributed by atoms with Crippen LogP contribution in [-0.4, -0.2) is 31.5 Å². The Bertz CT molecular complexity index is 485. The van der Waals surface area contributed by atoms with Crippen LogP contribution in [0, 0.1) is 0 Å². The van der Waals surface area contributed by atoms with Gasteiger partial charge in [0.15, 0.2) is 0 Å². The highest BCUT2D eigenvalue weighted by molar-refractivity contribution is 5.49. The maximum Gasteiger partial charge on any atom is 0.138 e. The summed E-state index contributed by atoms with van der Waals surface area (Å²) in [5.41, 5.74) is 1.16. The van der Waals surface area contributed by atoms with E-state index in [0.29, 0.717) is 0 Å². The lowest BCUT2D eigenvalue weighted by atomic mass is 10.0. The average Bonchev–Trinajstić information content (AvgIpc) is 2.82. The molecule has 2 aromatic rings. The second-order valence-electron chi connectivity index (χ2n) is 4.91. The molecule has 2 N–H and O–H groups in total. The third-order valence-corrected chi connectivity index (χ3v) is 2.99. The zero-order chi connectivity index (χ0) is 13.2. The Hall–Kier alpha value is -1.88. The molecule has 1 unspecified atom stereocenters. The number of anilines is 1. The van der Waals surface area contributed by atoms with Gasteiger partial charge in [0.2, 0.25) is 0 Å². The first-order valence-corrected chi connectivity index (χ1v) is 5.91. The van der Waals surface area contributed by atoms with Gasteiger partial charge in [0.05, 0.1) is 17.3 Å². The van der Waals surface area contributed by atoms with Crippen molar-refractivity contribution in [1.29, 1.82) is 0 Å². The number of aromatic nitrogens is 3. The minimum Gasteiger partial charge on any atom is -0.388 e. The Labute approximate surface area is 106 Å². The zero-order valence-electron chi connectivity index (χ0n) is 10.8. The van der Waals surface area contributed by atoms with E-state index in [2.05, 4.69) is 15.4 Å². The van der Waals surface area contributed by atoms with Gasteiger partial charge in [-0.05, 0) is 45.0 Å². The first-order chi connectivity index (χ1) is 8.47. The van der Waals surface area contributed by atoms with Gasteiger partial charge in [0.1, 0.15) is 12.7 Å². The molecule has 0 saturated carbocycles. The number of aliphatic hydroxyl groups is 1. The van der Waals surface area contributed by atoms with Crippen LogP contribution in [0.1, 0.15) is 20.8 Å². The number of rotatable bonds is 4. The minimum atomic E-state index is -0.759. The maximum atomic E-state index is 9.87. The summed E-state index contributed by atoms with van der Waals surface area (Å²) in [5, 5.41) is 17.2. The average molecular weight is 246 g/mol. The highest BCUT2D eigenvalue weighted by Crippen LogP contribution is 2.17. The predicted molar refractivity (Wildman–Crippen MR) is 70.7 cm³/mol. The number of hydrogen-bond acceptors (Lipinski definition) is 4. The molecule has 0 radical (unpaired) electrons. The fourth-order valence-corrected chi connectivity index (χ4v) is 1.48. The zero-order valence-corrected chi connectivity index (χ0v) is 10.8. The summed E-state index contributed by atoms with van der Waals surface area (Å²) >= 11 is 0. The van der Waals surface area contributed by atoms with Crippen molar-refractivity contribution in [3.05, 3.63) is 36.9 Å². The fourth-order valence-electron chi connectivity index (χ4n) is 1.48. The Balaban J connectivity index is 2.09. The van der Waals surface area contributed by atoms with Gasteiger partial charge in [-0.3, -0.25) is 0 Å². The minimum absolute atomic E-state index is 0.0327. The molecule has 1 atom stereocenters. The van der Waals surface area contributed by atoms with Crippen molar-refractivity contribution < 1.29 is 5.11 Å². The van der Waals surface area contributed by atoms with E-state index in [1.54, 1.807) is 24.9 Å². The van der Waals surface area contributed by atoms with E-state index in [4.69, 9.17) is 0 Å². The smallest absolute Gasteiger partial charge is 0.138 e. The summed E-state index contributed by atoms with van der Waals surface area (Å²) in [6.45, 7) is 5.52. The standard InChI is InChI=1S/C13H18N4O/c1-10(13(2,3)18)16-11-4-6-12(7-5-11)17-9-14-8-15-17/h4-10,16,18H,1-3H3. The quantitative estimate of drug-likeness (QED) is 0.864. The predicted octanol–water partition coefficient (Wildman–Crippen LogP) is 1.84. The molecular weight excluding hydrogens is 228 g/mol. The van der Waals surface area contributed by atoms with Gasteiger partial charge in [0.25, 0.3) is 0 Å². The maximum absolute atomic E-state index is 9.87. The first kappa shape index (κ1) is 12.6. The van der Waals surface area contributed by atoms with Crippen molar-refractivity contribution in [2.24, 2.45) is 0 Å². The number of benzene rings is 1. The van der Waals surface area contributed by atoms with Crippen molar-refractivity contribution in [3.8, 4) is 5.69 Å². The van der Waals surface area contributed by atoms with Gasteiger partial charge < -0.3 is 10.4 Å². The SMILES string of the molecule is CC(Nc1ccc(-n2cncn2)cc1)C(C)(C)O. The van der Waals surface area contributed by atoms with Crippen molar-refractivity contribution in [1.82, 2.24) is 14.8 Å². The van der Waals surface area contributed by atoms with E-state index < -0.39 is 5.60 Å². The van der Waals surface area contributed by atoms with Crippen LogP contribution >= 0.6 is 0 Å². The summed E-state index contributed by atoms with van der Waals surface area (Å²) < 4.78 is 1.70. The third-order valence-electron chi connectivity index (χ3n) is 2.99. The monoisotopic (exact) mass is 246 g/mol. The Kier molecular flexibility index (Phi) is 3.34. The van der Waals surface area contributed by atoms with E-state index in [9.17, 15) is 5.11 Å². The van der Waals surface area contributed by atoms with E-state index in [1.807, 2.05) is 31.2 Å². The molecule has 1 heterocycles. The van der Waals surface area contributed by atoms with Crippen molar-refractivity contribution >= 4 is 5.69 Å². The molecule has 5 nitrogen and oxygen atoms in total. The Morgan fingerprint density at radius 1 is 1.28 bits per heavy atom. The molecule has 96 valence electrons. The molecule has 5 heteroatoms. The normalized spacial score (nSPS) is 13.3. The van der Waals surface area contributed by atoms with Crippen LogP contribution in [0.15, 0.2) is 36.9 Å². The molecule has 0 fully saturated rings. The number of nitrogens with zero attached hydrogens (tertiary/aromatic N) is 3. The van der Waals surface area contributed by atoms with Crippen LogP contribution in [0.25, 0.3) is 5.69 Å². The summed E-state index contributed by atoms with van der Waals surface area (Å²) in [7, 11) is 0. The number of nitrogens with one attached hydrogen (secondary N) is 1. The van der Waals surface area contributed by atoms with Gasteiger partial charge in [-0.25, -0.2) is 9.67 Å². The fraction of sp³-hybridized carbons (Fsp3) is 0.385. The van der Waals surface area contributed by atoms with Gasteiger partial charge >= 0.3 is 0 Å². The van der Waals surface area contributed by atoms with Crippen molar-refractivity contribution in [3.63, 3.8) is 0 Å². The highest BCUT2D eigenvalue weighted by Gasteiger charge is 2.21. The molecule has 0 aliphatic heterocycles. The molecule has 0 bridgehead atoms. The molecule has 18 heavy (non-hydrogen) atoms. The van der Waals surface area contributed by atoms with Gasteiger partial charge in [0, 0.05) is 5.69 Å². The molecule has 2 rings (SSSR count). The molecular formula is C13H18N4O. The lowest BCUT2D eigenvalue weighted by Gasteiger charge is -2.27. The molecule has 0 amide bonds. The summed E-state index contributed by atoms with van der Waals surface area (Å²) in [5.74, 6) is 0. The van der Waals surface area contributed by atoms with E-state index in [0.717, 1.165) is 11.4 Å². The van der Waals surface area contributed by atoms with Crippen molar-refractivity contribution in [2.45, 2.75) is 32.4 Å². The lowest BCUT2D eigenvalue weighted by molar-refractivity contribution is 0.0649. The molecule has 0 saturated heterocycles. The van der Waals surface area contributed by atoms with Crippen LogP contribution in [0.2, 0.25) is 0 Å². The van der Waals surface area contributed by atoms with E-state index >= 15 is 0 Å². The topological polar surface area (TPSA) is 63.0 Å². The molecule has 0 spiro atoms. The Morgan fingerprint density at radius 3 is 2.44 bits per heavy atom.